The first kappa shape index (κ1) is 36.7. The SMILES string of the molecule is C#CC(/C=C/C1=C(Nc2ccccc2)C(=C/C=C(/C)C(C)(C)c2c(C(C)C)ccc3ccccc23)/CCC1)C(C)(C)c1c(C)ccc2ccccc12. The van der Waals surface area contributed by atoms with Crippen LogP contribution >= 0.6 is 0 Å². The van der Waals surface area contributed by atoms with Crippen molar-refractivity contribution in [1.29, 1.82) is 0 Å². The number of anilines is 1. The van der Waals surface area contributed by atoms with Crippen molar-refractivity contribution in [1.82, 2.24) is 0 Å². The number of fused-ring (bicyclic) bond motifs is 2. The second kappa shape index (κ2) is 15.3. The summed E-state index contributed by atoms with van der Waals surface area (Å²) in [5.74, 6) is 3.54. The summed E-state index contributed by atoms with van der Waals surface area (Å²) in [6, 6.07) is 37.1. The number of rotatable bonds is 10. The van der Waals surface area contributed by atoms with Crippen molar-refractivity contribution in [3.63, 3.8) is 0 Å². The summed E-state index contributed by atoms with van der Waals surface area (Å²) >= 11 is 0. The minimum absolute atomic E-state index is 0.0874. The van der Waals surface area contributed by atoms with Gasteiger partial charge in [-0.25, -0.2) is 0 Å². The van der Waals surface area contributed by atoms with Crippen LogP contribution < -0.4 is 5.32 Å². The van der Waals surface area contributed by atoms with E-state index >= 15 is 0 Å². The predicted molar refractivity (Wildman–Crippen MR) is 227 cm³/mol. The maximum atomic E-state index is 6.37. The minimum Gasteiger partial charge on any atom is -0.355 e. The number of aryl methyl sites for hydroxylation is 1. The van der Waals surface area contributed by atoms with Crippen molar-refractivity contribution in [2.45, 2.75) is 91.4 Å². The van der Waals surface area contributed by atoms with Gasteiger partial charge in [0.25, 0.3) is 0 Å². The van der Waals surface area contributed by atoms with Gasteiger partial charge in [-0.1, -0.05) is 168 Å². The predicted octanol–water partition coefficient (Wildman–Crippen LogP) is 13.9. The van der Waals surface area contributed by atoms with Gasteiger partial charge >= 0.3 is 0 Å². The first-order valence-corrected chi connectivity index (χ1v) is 19.0. The normalized spacial score (nSPS) is 15.9. The van der Waals surface area contributed by atoms with Crippen LogP contribution in [0.3, 0.4) is 0 Å². The van der Waals surface area contributed by atoms with Gasteiger partial charge in [-0.3, -0.25) is 0 Å². The van der Waals surface area contributed by atoms with Crippen molar-refractivity contribution < 1.29 is 0 Å². The number of hydrogen-bond acceptors (Lipinski definition) is 1. The summed E-state index contributed by atoms with van der Waals surface area (Å²) in [6.45, 7) is 18.5. The van der Waals surface area contributed by atoms with Crippen LogP contribution in [0.5, 0.6) is 0 Å². The molecule has 264 valence electrons. The van der Waals surface area contributed by atoms with Gasteiger partial charge in [-0.2, -0.15) is 0 Å². The van der Waals surface area contributed by atoms with Crippen LogP contribution in [0.15, 0.2) is 150 Å². The average molecular weight is 682 g/mol. The van der Waals surface area contributed by atoms with Gasteiger partial charge in [0.2, 0.25) is 0 Å². The largest absolute Gasteiger partial charge is 0.355 e. The highest BCUT2D eigenvalue weighted by Gasteiger charge is 2.32. The van der Waals surface area contributed by atoms with Crippen LogP contribution in [0.4, 0.5) is 5.69 Å². The fourth-order valence-corrected chi connectivity index (χ4v) is 8.29. The molecule has 0 aliphatic heterocycles. The fourth-order valence-electron chi connectivity index (χ4n) is 8.29. The van der Waals surface area contributed by atoms with E-state index in [0.29, 0.717) is 5.92 Å². The Hall–Kier alpha value is -5.06. The van der Waals surface area contributed by atoms with Gasteiger partial charge in [0.1, 0.15) is 0 Å². The van der Waals surface area contributed by atoms with Crippen LogP contribution in [-0.2, 0) is 10.8 Å². The average Bonchev–Trinajstić information content (AvgIpc) is 3.14. The molecular weight excluding hydrogens is 627 g/mol. The Morgan fingerprint density at radius 2 is 1.38 bits per heavy atom. The lowest BCUT2D eigenvalue weighted by Gasteiger charge is -2.33. The molecule has 0 fully saturated rings. The second-order valence-electron chi connectivity index (χ2n) is 16.0. The van der Waals surface area contributed by atoms with Gasteiger partial charge < -0.3 is 5.32 Å². The molecule has 0 radical (unpaired) electrons. The summed E-state index contributed by atoms with van der Waals surface area (Å²) < 4.78 is 0. The van der Waals surface area contributed by atoms with Crippen LogP contribution in [0, 0.1) is 25.2 Å². The third kappa shape index (κ3) is 7.31. The summed E-state index contributed by atoms with van der Waals surface area (Å²) in [5.41, 5.74) is 11.3. The zero-order chi connectivity index (χ0) is 37.0. The molecule has 1 unspecified atom stereocenters. The molecule has 1 heteroatoms. The number of benzene rings is 5. The highest BCUT2D eigenvalue weighted by Crippen LogP contribution is 2.42. The molecule has 0 aromatic heterocycles. The molecule has 5 aromatic carbocycles. The molecule has 0 heterocycles. The smallest absolute Gasteiger partial charge is 0.0475 e. The summed E-state index contributed by atoms with van der Waals surface area (Å²) in [6.07, 6.45) is 18.8. The van der Waals surface area contributed by atoms with Crippen LogP contribution in [0.1, 0.15) is 95.9 Å². The molecule has 1 N–H and O–H groups in total. The molecule has 0 spiro atoms. The monoisotopic (exact) mass is 681 g/mol. The van der Waals surface area contributed by atoms with Crippen LogP contribution in [-0.4, -0.2) is 0 Å². The molecule has 0 saturated carbocycles. The van der Waals surface area contributed by atoms with E-state index in [0.717, 1.165) is 24.9 Å². The molecule has 1 atom stereocenters. The quantitative estimate of drug-likeness (QED) is 0.145. The Kier molecular flexibility index (Phi) is 10.8. The number of terminal acetylenes is 1. The maximum Gasteiger partial charge on any atom is 0.0475 e. The van der Waals surface area contributed by atoms with Crippen molar-refractivity contribution in [2.75, 3.05) is 5.32 Å². The molecule has 5 aromatic rings. The van der Waals surface area contributed by atoms with Crippen molar-refractivity contribution in [3.05, 3.63) is 172 Å². The van der Waals surface area contributed by atoms with Crippen molar-refractivity contribution >= 4 is 27.2 Å². The zero-order valence-corrected chi connectivity index (χ0v) is 32.5. The highest BCUT2D eigenvalue weighted by atomic mass is 14.9. The van der Waals surface area contributed by atoms with Gasteiger partial charge in [-0.15, -0.1) is 6.42 Å². The Bertz CT molecular complexity index is 2240. The lowest BCUT2D eigenvalue weighted by Crippen LogP contribution is -2.28. The van der Waals surface area contributed by atoms with E-state index in [2.05, 4.69) is 194 Å². The molecular formula is C51H55N. The van der Waals surface area contributed by atoms with E-state index in [1.807, 2.05) is 0 Å². The molecule has 0 amide bonds. The summed E-state index contributed by atoms with van der Waals surface area (Å²) in [5, 5.41) is 9.03. The zero-order valence-electron chi connectivity index (χ0n) is 32.5. The van der Waals surface area contributed by atoms with E-state index in [1.54, 1.807) is 0 Å². The van der Waals surface area contributed by atoms with Gasteiger partial charge in [0, 0.05) is 28.1 Å². The molecule has 1 aliphatic carbocycles. The van der Waals surface area contributed by atoms with Crippen molar-refractivity contribution in [2.24, 2.45) is 5.92 Å². The van der Waals surface area contributed by atoms with Crippen LogP contribution in [0.2, 0.25) is 0 Å². The molecule has 1 nitrogen and oxygen atoms in total. The first-order valence-electron chi connectivity index (χ1n) is 19.0. The molecule has 6 rings (SSSR count). The molecule has 52 heavy (non-hydrogen) atoms. The highest BCUT2D eigenvalue weighted by molar-refractivity contribution is 5.89. The third-order valence-corrected chi connectivity index (χ3v) is 11.5. The Morgan fingerprint density at radius 1 is 0.769 bits per heavy atom. The third-order valence-electron chi connectivity index (χ3n) is 11.5. The van der Waals surface area contributed by atoms with E-state index < -0.39 is 0 Å². The fraction of sp³-hybridized carbons (Fsp3) is 0.294. The minimum atomic E-state index is -0.265. The first-order chi connectivity index (χ1) is 24.9. The van der Waals surface area contributed by atoms with Gasteiger partial charge in [0.15, 0.2) is 0 Å². The lowest BCUT2D eigenvalue weighted by molar-refractivity contribution is 0.457. The Morgan fingerprint density at radius 3 is 2.04 bits per heavy atom. The van der Waals surface area contributed by atoms with E-state index in [9.17, 15) is 0 Å². The topological polar surface area (TPSA) is 12.0 Å². The van der Waals surface area contributed by atoms with E-state index in [1.165, 1.54) is 66.2 Å². The van der Waals surface area contributed by atoms with E-state index in [4.69, 9.17) is 6.42 Å². The van der Waals surface area contributed by atoms with Gasteiger partial charge in [0.05, 0.1) is 0 Å². The van der Waals surface area contributed by atoms with E-state index in [-0.39, 0.29) is 16.7 Å². The lowest BCUT2D eigenvalue weighted by atomic mass is 9.70. The van der Waals surface area contributed by atoms with Crippen molar-refractivity contribution in [3.8, 4) is 12.3 Å². The number of hydrogen-bond donors (Lipinski definition) is 1. The Balaban J connectivity index is 1.41. The Labute approximate surface area is 313 Å². The number of nitrogens with one attached hydrogen (secondary N) is 1. The van der Waals surface area contributed by atoms with Gasteiger partial charge in [-0.05, 0) is 106 Å². The standard InChI is InChI=1S/C51H55N/c1-10-42(51(8,9)47-36(4)27-29-38-19-14-16-25-45(38)47)33-31-41-22-18-21-40(49(41)52-43-23-12-11-13-24-43)30-28-37(5)50(6,7)48-44(35(2)3)34-32-39-20-15-17-26-46(39)48/h1,11-17,19-20,23-35,42,52H,18,21-22H2,2-9H3/b33-31+,37-28-,40-30+. The molecule has 0 saturated heterocycles. The molecule has 1 aliphatic rings. The van der Waals surface area contributed by atoms with Crippen LogP contribution in [0.25, 0.3) is 21.5 Å². The summed E-state index contributed by atoms with van der Waals surface area (Å²) in [7, 11) is 0. The second-order valence-corrected chi connectivity index (χ2v) is 16.0. The molecule has 0 bridgehead atoms. The summed E-state index contributed by atoms with van der Waals surface area (Å²) in [4.78, 5) is 0. The number of para-hydroxylation sites is 1. The maximum absolute atomic E-state index is 6.37. The number of allylic oxidation sites excluding steroid dienone is 7.